The van der Waals surface area contributed by atoms with Crippen LogP contribution >= 0.6 is 0 Å². The molecule has 0 atom stereocenters. The Morgan fingerprint density at radius 2 is 2.06 bits per heavy atom. The fourth-order valence-corrected chi connectivity index (χ4v) is 2.49. The Morgan fingerprint density at radius 3 is 2.72 bits per heavy atom. The van der Waals surface area contributed by atoms with Crippen LogP contribution in [0.4, 0.5) is 0 Å². The fourth-order valence-electron chi connectivity index (χ4n) is 1.99. The van der Waals surface area contributed by atoms with Crippen molar-refractivity contribution in [3.8, 4) is 0 Å². The molecule has 2 aromatic rings. The van der Waals surface area contributed by atoms with Crippen LogP contribution in [0.3, 0.4) is 0 Å². The SMILES string of the molecule is Cc1ccc2oc(C)[n+](CCCS(=O)(=O)O)c2c1. The molecule has 0 aliphatic carbocycles. The summed E-state index contributed by atoms with van der Waals surface area (Å²) in [6.45, 7) is 4.33. The van der Waals surface area contributed by atoms with Gasteiger partial charge in [-0.2, -0.15) is 13.0 Å². The van der Waals surface area contributed by atoms with Crippen LogP contribution in [0.2, 0.25) is 0 Å². The molecule has 0 aliphatic heterocycles. The van der Waals surface area contributed by atoms with E-state index in [-0.39, 0.29) is 5.75 Å². The van der Waals surface area contributed by atoms with Crippen LogP contribution in [0.25, 0.3) is 11.1 Å². The summed E-state index contributed by atoms with van der Waals surface area (Å²) in [7, 11) is -3.90. The van der Waals surface area contributed by atoms with Gasteiger partial charge in [0.2, 0.25) is 5.58 Å². The van der Waals surface area contributed by atoms with Gasteiger partial charge >= 0.3 is 5.89 Å². The summed E-state index contributed by atoms with van der Waals surface area (Å²) in [5.74, 6) is 0.490. The van der Waals surface area contributed by atoms with Crippen molar-refractivity contribution in [3.63, 3.8) is 0 Å². The van der Waals surface area contributed by atoms with E-state index in [1.54, 1.807) is 0 Å². The van der Waals surface area contributed by atoms with Crippen LogP contribution in [0.1, 0.15) is 17.9 Å². The lowest BCUT2D eigenvalue weighted by Crippen LogP contribution is -2.36. The van der Waals surface area contributed by atoms with Gasteiger partial charge in [-0.3, -0.25) is 4.55 Å². The molecule has 6 heteroatoms. The van der Waals surface area contributed by atoms with E-state index in [0.717, 1.165) is 22.6 Å². The highest BCUT2D eigenvalue weighted by atomic mass is 32.2. The average Bonchev–Trinajstić information content (AvgIpc) is 2.54. The Bertz CT molecular complexity index is 673. The first kappa shape index (κ1) is 13.0. The Balaban J connectivity index is 2.27. The van der Waals surface area contributed by atoms with Crippen molar-refractivity contribution in [2.75, 3.05) is 5.75 Å². The van der Waals surface area contributed by atoms with Gasteiger partial charge in [0.05, 0.1) is 12.7 Å². The highest BCUT2D eigenvalue weighted by molar-refractivity contribution is 7.85. The van der Waals surface area contributed by atoms with E-state index in [1.165, 1.54) is 0 Å². The number of oxazole rings is 1. The molecule has 0 aliphatic rings. The van der Waals surface area contributed by atoms with Crippen molar-refractivity contribution >= 4 is 21.2 Å². The van der Waals surface area contributed by atoms with E-state index < -0.39 is 10.1 Å². The van der Waals surface area contributed by atoms with E-state index >= 15 is 0 Å². The van der Waals surface area contributed by atoms with Crippen molar-refractivity contribution in [2.45, 2.75) is 26.8 Å². The van der Waals surface area contributed by atoms with Gasteiger partial charge in [-0.05, 0) is 18.6 Å². The largest absolute Gasteiger partial charge is 0.402 e. The zero-order valence-electron chi connectivity index (χ0n) is 10.4. The standard InChI is InChI=1S/C12H15NO4S/c1-9-4-5-12-11(8-9)13(10(2)17-12)6-3-7-18(14,15)16/h4-5,8H,3,6-7H2,1-2H3/p+1. The number of hydrogen-bond donors (Lipinski definition) is 1. The zero-order valence-corrected chi connectivity index (χ0v) is 11.2. The minimum Gasteiger partial charge on any atom is -0.402 e. The summed E-state index contributed by atoms with van der Waals surface area (Å²) >= 11 is 0. The topological polar surface area (TPSA) is 71.4 Å². The number of aromatic nitrogens is 1. The molecule has 1 heterocycles. The van der Waals surface area contributed by atoms with Gasteiger partial charge in [0, 0.05) is 12.5 Å². The molecule has 18 heavy (non-hydrogen) atoms. The summed E-state index contributed by atoms with van der Waals surface area (Å²) < 4.78 is 37.6. The molecular weight excluding hydrogens is 254 g/mol. The summed E-state index contributed by atoms with van der Waals surface area (Å²) in [5.41, 5.74) is 2.85. The molecule has 2 rings (SSSR count). The summed E-state index contributed by atoms with van der Waals surface area (Å²) in [6, 6.07) is 5.87. The molecule has 0 radical (unpaired) electrons. The van der Waals surface area contributed by atoms with Gasteiger partial charge in [0.1, 0.15) is 0 Å². The molecule has 0 saturated carbocycles. The summed E-state index contributed by atoms with van der Waals surface area (Å²) in [4.78, 5) is 0. The maximum Gasteiger partial charge on any atom is 0.344 e. The quantitative estimate of drug-likeness (QED) is 0.677. The Kier molecular flexibility index (Phi) is 3.41. The highest BCUT2D eigenvalue weighted by Crippen LogP contribution is 2.15. The molecule has 1 aromatic heterocycles. The van der Waals surface area contributed by atoms with Crippen molar-refractivity contribution < 1.29 is 22.0 Å². The fraction of sp³-hybridized carbons (Fsp3) is 0.417. The molecular formula is C12H16NO4S+. The molecule has 1 aromatic carbocycles. The normalized spacial score (nSPS) is 12.2. The Morgan fingerprint density at radius 1 is 1.33 bits per heavy atom. The van der Waals surface area contributed by atoms with Crippen molar-refractivity contribution in [1.29, 1.82) is 0 Å². The molecule has 0 bridgehead atoms. The first-order valence-electron chi connectivity index (χ1n) is 5.71. The third kappa shape index (κ3) is 2.88. The van der Waals surface area contributed by atoms with Gasteiger partial charge in [-0.25, -0.2) is 0 Å². The van der Waals surface area contributed by atoms with Crippen LogP contribution in [0.5, 0.6) is 0 Å². The lowest BCUT2D eigenvalue weighted by atomic mass is 10.2. The molecule has 1 N–H and O–H groups in total. The van der Waals surface area contributed by atoms with Crippen molar-refractivity contribution in [3.05, 3.63) is 29.7 Å². The molecule has 0 fully saturated rings. The van der Waals surface area contributed by atoms with Gasteiger partial charge in [-0.15, -0.1) is 0 Å². The summed E-state index contributed by atoms with van der Waals surface area (Å²) in [6.07, 6.45) is 0.354. The van der Waals surface area contributed by atoms with Crippen molar-refractivity contribution in [1.82, 2.24) is 0 Å². The van der Waals surface area contributed by atoms with Gasteiger partial charge in [0.25, 0.3) is 15.6 Å². The second-order valence-corrected chi connectivity index (χ2v) is 5.96. The third-order valence-corrected chi connectivity index (χ3v) is 3.63. The predicted molar refractivity (Wildman–Crippen MR) is 66.9 cm³/mol. The first-order valence-corrected chi connectivity index (χ1v) is 7.32. The van der Waals surface area contributed by atoms with Crippen LogP contribution < -0.4 is 4.57 Å². The van der Waals surface area contributed by atoms with E-state index in [4.69, 9.17) is 8.97 Å². The highest BCUT2D eigenvalue weighted by Gasteiger charge is 2.19. The van der Waals surface area contributed by atoms with Crippen LogP contribution in [-0.4, -0.2) is 18.7 Å². The second-order valence-electron chi connectivity index (χ2n) is 4.38. The van der Waals surface area contributed by atoms with Crippen LogP contribution in [0, 0.1) is 13.8 Å². The van der Waals surface area contributed by atoms with Gasteiger partial charge in [-0.1, -0.05) is 6.07 Å². The molecule has 0 unspecified atom stereocenters. The van der Waals surface area contributed by atoms with E-state index in [1.807, 2.05) is 36.6 Å². The Hall–Kier alpha value is -1.40. The van der Waals surface area contributed by atoms with E-state index in [9.17, 15) is 8.42 Å². The smallest absolute Gasteiger partial charge is 0.344 e. The average molecular weight is 270 g/mol. The minimum atomic E-state index is -3.90. The van der Waals surface area contributed by atoms with Gasteiger partial charge in [0.15, 0.2) is 6.54 Å². The van der Waals surface area contributed by atoms with Gasteiger partial charge < -0.3 is 4.42 Å². The number of benzene rings is 1. The minimum absolute atomic E-state index is 0.238. The molecule has 0 saturated heterocycles. The zero-order chi connectivity index (χ0) is 13.3. The molecule has 0 spiro atoms. The molecule has 5 nitrogen and oxygen atoms in total. The number of hydrogen-bond acceptors (Lipinski definition) is 3. The number of nitrogens with zero attached hydrogens (tertiary/aromatic N) is 1. The van der Waals surface area contributed by atoms with E-state index in [2.05, 4.69) is 0 Å². The van der Waals surface area contributed by atoms with E-state index in [0.29, 0.717) is 13.0 Å². The number of aryl methyl sites for hydroxylation is 3. The maximum absolute atomic E-state index is 10.7. The van der Waals surface area contributed by atoms with Crippen LogP contribution in [0.15, 0.2) is 22.6 Å². The predicted octanol–water partition coefficient (Wildman–Crippen LogP) is 1.62. The monoisotopic (exact) mass is 270 g/mol. The lowest BCUT2D eigenvalue weighted by Gasteiger charge is -1.95. The third-order valence-electron chi connectivity index (χ3n) is 2.83. The number of fused-ring (bicyclic) bond motifs is 1. The summed E-state index contributed by atoms with van der Waals surface area (Å²) in [5, 5.41) is 0. The lowest BCUT2D eigenvalue weighted by molar-refractivity contribution is -0.682. The molecule has 0 amide bonds. The molecule has 98 valence electrons. The van der Waals surface area contributed by atoms with Crippen molar-refractivity contribution in [2.24, 2.45) is 0 Å². The second kappa shape index (κ2) is 4.70. The maximum atomic E-state index is 10.7. The number of rotatable bonds is 4. The van der Waals surface area contributed by atoms with Crippen LogP contribution in [-0.2, 0) is 16.7 Å². The Labute approximate surface area is 106 Å². The first-order chi connectivity index (χ1) is 8.37.